The van der Waals surface area contributed by atoms with Crippen LogP contribution in [0.25, 0.3) is 0 Å². The second-order valence-corrected chi connectivity index (χ2v) is 4.95. The van der Waals surface area contributed by atoms with Crippen molar-refractivity contribution in [3.05, 3.63) is 33.5 Å². The molecule has 2 rings (SSSR count). The van der Waals surface area contributed by atoms with Gasteiger partial charge in [0.25, 0.3) is 0 Å². The molecule has 2 heterocycles. The first-order valence-electron chi connectivity index (χ1n) is 5.03. The number of aliphatic hydroxyl groups is 1. The van der Waals surface area contributed by atoms with E-state index in [1.807, 2.05) is 16.8 Å². The van der Waals surface area contributed by atoms with Crippen LogP contribution in [0.1, 0.15) is 23.0 Å². The van der Waals surface area contributed by atoms with Crippen LogP contribution in [0.4, 0.5) is 0 Å². The summed E-state index contributed by atoms with van der Waals surface area (Å²) in [5.41, 5.74) is 0.949. The topological polar surface area (TPSA) is 58.0 Å². The summed E-state index contributed by atoms with van der Waals surface area (Å²) in [5.74, 6) is 0. The lowest BCUT2D eigenvalue weighted by atomic mass is 10.2. The highest BCUT2D eigenvalue weighted by Gasteiger charge is 2.11. The van der Waals surface area contributed by atoms with Gasteiger partial charge < -0.3 is 10.4 Å². The minimum atomic E-state index is 0.185. The SMILES string of the molecule is OCCC(NCc1csnn1)c1cccs1. The highest BCUT2D eigenvalue weighted by Crippen LogP contribution is 2.21. The zero-order chi connectivity index (χ0) is 11.2. The van der Waals surface area contributed by atoms with Crippen LogP contribution >= 0.6 is 22.9 Å². The molecule has 16 heavy (non-hydrogen) atoms. The molecular formula is C10H13N3OS2. The molecule has 0 fully saturated rings. The van der Waals surface area contributed by atoms with E-state index >= 15 is 0 Å². The molecular weight excluding hydrogens is 242 g/mol. The minimum absolute atomic E-state index is 0.185. The van der Waals surface area contributed by atoms with Crippen LogP contribution < -0.4 is 5.32 Å². The van der Waals surface area contributed by atoms with E-state index in [9.17, 15) is 0 Å². The number of aliphatic hydroxyl groups excluding tert-OH is 1. The van der Waals surface area contributed by atoms with Gasteiger partial charge in [0.05, 0.1) is 5.69 Å². The lowest BCUT2D eigenvalue weighted by Crippen LogP contribution is -2.21. The molecule has 2 aromatic rings. The summed E-state index contributed by atoms with van der Waals surface area (Å²) in [5, 5.41) is 20.4. The Kier molecular flexibility index (Phi) is 4.41. The maximum absolute atomic E-state index is 9.03. The van der Waals surface area contributed by atoms with Gasteiger partial charge in [-0.2, -0.15) is 0 Å². The van der Waals surface area contributed by atoms with Crippen molar-refractivity contribution in [1.29, 1.82) is 0 Å². The smallest absolute Gasteiger partial charge is 0.0893 e. The average Bonchev–Trinajstić information content (AvgIpc) is 2.96. The van der Waals surface area contributed by atoms with Gasteiger partial charge in [0.2, 0.25) is 0 Å². The molecule has 4 nitrogen and oxygen atoms in total. The van der Waals surface area contributed by atoms with Gasteiger partial charge in [-0.15, -0.1) is 16.4 Å². The molecule has 0 radical (unpaired) electrons. The van der Waals surface area contributed by atoms with Gasteiger partial charge in [-0.1, -0.05) is 10.6 Å². The highest BCUT2D eigenvalue weighted by atomic mass is 32.1. The number of nitrogens with zero attached hydrogens (tertiary/aromatic N) is 2. The fraction of sp³-hybridized carbons (Fsp3) is 0.400. The summed E-state index contributed by atoms with van der Waals surface area (Å²) in [7, 11) is 0. The quantitative estimate of drug-likeness (QED) is 0.826. The number of rotatable bonds is 6. The molecule has 0 aromatic carbocycles. The Labute approximate surface area is 102 Å². The molecule has 0 spiro atoms. The largest absolute Gasteiger partial charge is 0.396 e. The van der Waals surface area contributed by atoms with E-state index in [4.69, 9.17) is 5.11 Å². The Morgan fingerprint density at radius 3 is 3.06 bits per heavy atom. The molecule has 0 aliphatic heterocycles. The second-order valence-electron chi connectivity index (χ2n) is 3.36. The van der Waals surface area contributed by atoms with E-state index in [2.05, 4.69) is 21.0 Å². The Bertz CT molecular complexity index is 388. The molecule has 0 bridgehead atoms. The van der Waals surface area contributed by atoms with Gasteiger partial charge >= 0.3 is 0 Å². The molecule has 6 heteroatoms. The molecule has 0 amide bonds. The van der Waals surface area contributed by atoms with Crippen molar-refractivity contribution < 1.29 is 5.11 Å². The van der Waals surface area contributed by atoms with Crippen LogP contribution in [0.3, 0.4) is 0 Å². The maximum atomic E-state index is 9.03. The van der Waals surface area contributed by atoms with Crippen molar-refractivity contribution in [2.45, 2.75) is 19.0 Å². The zero-order valence-corrected chi connectivity index (χ0v) is 10.3. The lowest BCUT2D eigenvalue weighted by molar-refractivity contribution is 0.266. The van der Waals surface area contributed by atoms with Crippen LogP contribution in [-0.2, 0) is 6.54 Å². The second kappa shape index (κ2) is 6.05. The van der Waals surface area contributed by atoms with Crippen molar-refractivity contribution in [1.82, 2.24) is 14.9 Å². The highest BCUT2D eigenvalue weighted by molar-refractivity contribution is 7.10. The predicted molar refractivity (Wildman–Crippen MR) is 65.5 cm³/mol. The van der Waals surface area contributed by atoms with Crippen LogP contribution in [-0.4, -0.2) is 21.3 Å². The van der Waals surface area contributed by atoms with Crippen LogP contribution in [0.15, 0.2) is 22.9 Å². The summed E-state index contributed by atoms with van der Waals surface area (Å²) in [4.78, 5) is 1.25. The van der Waals surface area contributed by atoms with E-state index in [0.717, 1.165) is 12.1 Å². The van der Waals surface area contributed by atoms with Gasteiger partial charge in [0, 0.05) is 29.5 Å². The fourth-order valence-corrected chi connectivity index (χ4v) is 2.74. The molecule has 0 saturated carbocycles. The van der Waals surface area contributed by atoms with E-state index in [1.165, 1.54) is 16.4 Å². The molecule has 1 atom stereocenters. The van der Waals surface area contributed by atoms with E-state index in [1.54, 1.807) is 11.3 Å². The van der Waals surface area contributed by atoms with Gasteiger partial charge in [-0.3, -0.25) is 0 Å². The zero-order valence-electron chi connectivity index (χ0n) is 8.67. The van der Waals surface area contributed by atoms with E-state index in [-0.39, 0.29) is 12.6 Å². The summed E-state index contributed by atoms with van der Waals surface area (Å²) in [6.45, 7) is 0.879. The number of hydrogen-bond acceptors (Lipinski definition) is 6. The molecule has 0 saturated heterocycles. The minimum Gasteiger partial charge on any atom is -0.396 e. The molecule has 0 aliphatic carbocycles. The van der Waals surface area contributed by atoms with Gasteiger partial charge in [-0.25, -0.2) is 0 Å². The van der Waals surface area contributed by atoms with Gasteiger partial charge in [-0.05, 0) is 29.4 Å². The third-order valence-corrected chi connectivity index (χ3v) is 3.78. The predicted octanol–water partition coefficient (Wildman–Crippen LogP) is 1.81. The van der Waals surface area contributed by atoms with Crippen molar-refractivity contribution in [2.75, 3.05) is 6.61 Å². The Hall–Kier alpha value is -0.820. The van der Waals surface area contributed by atoms with Crippen molar-refractivity contribution in [3.8, 4) is 0 Å². The standard InChI is InChI=1S/C10H13N3OS2/c14-4-3-9(10-2-1-5-15-10)11-6-8-7-16-13-12-8/h1-2,5,7,9,11,14H,3-4,6H2. The average molecular weight is 255 g/mol. The molecule has 2 N–H and O–H groups in total. The first-order valence-corrected chi connectivity index (χ1v) is 6.75. The first kappa shape index (κ1) is 11.7. The fourth-order valence-electron chi connectivity index (χ4n) is 1.45. The summed E-state index contributed by atoms with van der Waals surface area (Å²) in [6.07, 6.45) is 0.720. The molecule has 86 valence electrons. The van der Waals surface area contributed by atoms with Crippen molar-refractivity contribution >= 4 is 22.9 Å². The van der Waals surface area contributed by atoms with Gasteiger partial charge in [0.1, 0.15) is 0 Å². The number of aromatic nitrogens is 2. The van der Waals surface area contributed by atoms with Crippen LogP contribution in [0.2, 0.25) is 0 Å². The first-order chi connectivity index (χ1) is 7.90. The molecule has 0 aliphatic rings. The summed E-state index contributed by atoms with van der Waals surface area (Å²) in [6, 6.07) is 4.31. The normalized spacial score (nSPS) is 12.8. The van der Waals surface area contributed by atoms with E-state index < -0.39 is 0 Å². The Morgan fingerprint density at radius 2 is 2.44 bits per heavy atom. The third-order valence-electron chi connectivity index (χ3n) is 2.24. The summed E-state index contributed by atoms with van der Waals surface area (Å²) < 4.78 is 3.81. The number of hydrogen-bond donors (Lipinski definition) is 2. The monoisotopic (exact) mass is 255 g/mol. The summed E-state index contributed by atoms with van der Waals surface area (Å²) >= 11 is 3.06. The lowest BCUT2D eigenvalue weighted by Gasteiger charge is -2.15. The van der Waals surface area contributed by atoms with E-state index in [0.29, 0.717) is 6.54 Å². The molecule has 1 unspecified atom stereocenters. The van der Waals surface area contributed by atoms with Crippen molar-refractivity contribution in [2.24, 2.45) is 0 Å². The van der Waals surface area contributed by atoms with Gasteiger partial charge in [0.15, 0.2) is 0 Å². The number of thiophene rings is 1. The maximum Gasteiger partial charge on any atom is 0.0893 e. The van der Waals surface area contributed by atoms with Crippen molar-refractivity contribution in [3.63, 3.8) is 0 Å². The van der Waals surface area contributed by atoms with Crippen LogP contribution in [0, 0.1) is 0 Å². The third kappa shape index (κ3) is 3.08. The van der Waals surface area contributed by atoms with Crippen LogP contribution in [0.5, 0.6) is 0 Å². The Balaban J connectivity index is 1.93. The number of nitrogens with one attached hydrogen (secondary N) is 1. The Morgan fingerprint density at radius 1 is 1.50 bits per heavy atom. The molecule has 2 aromatic heterocycles.